The second-order valence-corrected chi connectivity index (χ2v) is 10.9. The van der Waals surface area contributed by atoms with E-state index in [1.165, 1.54) is 19.2 Å². The van der Waals surface area contributed by atoms with Gasteiger partial charge in [0, 0.05) is 5.56 Å². The maximum absolute atomic E-state index is 12.7. The zero-order valence-corrected chi connectivity index (χ0v) is 24.5. The molecule has 0 unspecified atom stereocenters. The minimum Gasteiger partial charge on any atom is -0.569 e. The van der Waals surface area contributed by atoms with E-state index in [9.17, 15) is 23.2 Å². The second-order valence-electron chi connectivity index (χ2n) is 9.21. The summed E-state index contributed by atoms with van der Waals surface area (Å²) in [6, 6.07) is 15.7. The fourth-order valence-electron chi connectivity index (χ4n) is 3.38. The number of likely N-dealkylation sites (N-methyl/N-ethyl adjacent to an activating group) is 1. The molecular formula is C26H32N6O9S. The van der Waals surface area contributed by atoms with Crippen LogP contribution in [-0.2, 0) is 29.1 Å². The number of hydrogen-bond donors (Lipinski definition) is 1. The number of amides is 1. The molecule has 0 aliphatic carbocycles. The molecule has 1 amide bonds. The highest BCUT2D eigenvalue weighted by molar-refractivity contribution is 7.90. The average Bonchev–Trinajstić information content (AvgIpc) is 3.32. The van der Waals surface area contributed by atoms with E-state index in [2.05, 4.69) is 20.0 Å². The molecule has 2 aromatic carbocycles. The topological polar surface area (TPSA) is 177 Å². The first-order chi connectivity index (χ1) is 19.9. The van der Waals surface area contributed by atoms with Crippen molar-refractivity contribution in [3.05, 3.63) is 71.1 Å². The highest BCUT2D eigenvalue weighted by Crippen LogP contribution is 2.25. The molecule has 226 valence electrons. The Morgan fingerprint density at radius 3 is 2.40 bits per heavy atom. The van der Waals surface area contributed by atoms with Crippen LogP contribution in [0.1, 0.15) is 25.1 Å². The number of nitrogens with one attached hydrogen (secondary N) is 1. The zero-order chi connectivity index (χ0) is 30.9. The van der Waals surface area contributed by atoms with Gasteiger partial charge in [-0.15, -0.1) is 5.01 Å². The first-order valence-corrected chi connectivity index (χ1v) is 14.1. The van der Waals surface area contributed by atoms with Crippen molar-refractivity contribution in [2.45, 2.75) is 38.7 Å². The average molecular weight is 605 g/mol. The summed E-state index contributed by atoms with van der Waals surface area (Å²) in [5.41, 5.74) is 4.33. The van der Waals surface area contributed by atoms with Gasteiger partial charge in [0.25, 0.3) is 16.8 Å². The Bertz CT molecular complexity index is 1500. The van der Waals surface area contributed by atoms with E-state index in [0.717, 1.165) is 27.5 Å². The third-order valence-corrected chi connectivity index (χ3v) is 6.75. The monoisotopic (exact) mass is 604 g/mol. The quantitative estimate of drug-likeness (QED) is 0.0793. The normalized spacial score (nSPS) is 11.6. The van der Waals surface area contributed by atoms with Crippen molar-refractivity contribution < 1.29 is 42.0 Å². The standard InChI is InChI=1S/C26H32N6O9S/c1-18(2)41-26(34)39-17-40-29-32(35)30(5)14-15-38-25(33)28-42(36,37)23-12-10-22(11-13-23)31-24(16-20(4)27-31)21-8-6-19(3)7-9-21/h6-13,16,18H,14-15,17H2,1-5H3,(H,28,33)/b32-29-. The Labute approximate surface area is 242 Å². The Kier molecular flexibility index (Phi) is 10.7. The Morgan fingerprint density at radius 2 is 1.76 bits per heavy atom. The lowest BCUT2D eigenvalue weighted by Gasteiger charge is -2.13. The van der Waals surface area contributed by atoms with Crippen molar-refractivity contribution in [3.8, 4) is 16.9 Å². The van der Waals surface area contributed by atoms with Gasteiger partial charge in [0.15, 0.2) is 0 Å². The van der Waals surface area contributed by atoms with Gasteiger partial charge < -0.3 is 24.3 Å². The molecule has 0 atom stereocenters. The largest absolute Gasteiger partial charge is 0.569 e. The lowest BCUT2D eigenvalue weighted by Crippen LogP contribution is -2.35. The molecule has 0 spiro atoms. The molecule has 15 nitrogen and oxygen atoms in total. The molecule has 3 aromatic rings. The molecule has 3 rings (SSSR count). The summed E-state index contributed by atoms with van der Waals surface area (Å²) >= 11 is 0. The van der Waals surface area contributed by atoms with Crippen molar-refractivity contribution in [2.24, 2.45) is 5.28 Å². The Balaban J connectivity index is 1.51. The predicted octanol–water partition coefficient (Wildman–Crippen LogP) is 3.83. The number of rotatable bonds is 12. The summed E-state index contributed by atoms with van der Waals surface area (Å²) in [6.07, 6.45) is -2.62. The lowest BCUT2D eigenvalue weighted by atomic mass is 10.1. The number of hydrazine groups is 1. The molecule has 0 aliphatic heterocycles. The first-order valence-electron chi connectivity index (χ1n) is 12.6. The van der Waals surface area contributed by atoms with Crippen LogP contribution in [0.15, 0.2) is 64.8 Å². The molecule has 0 radical (unpaired) electrons. The van der Waals surface area contributed by atoms with E-state index in [1.807, 2.05) is 48.9 Å². The van der Waals surface area contributed by atoms with Crippen LogP contribution in [0, 0.1) is 19.1 Å². The molecule has 1 N–H and O–H groups in total. The highest BCUT2D eigenvalue weighted by Gasteiger charge is 2.20. The maximum Gasteiger partial charge on any atom is 0.511 e. The zero-order valence-electron chi connectivity index (χ0n) is 23.7. The Hall–Kier alpha value is -4.86. The smallest absolute Gasteiger partial charge is 0.511 e. The molecule has 16 heteroatoms. The first kappa shape index (κ1) is 31.7. The number of aryl methyl sites for hydroxylation is 2. The van der Waals surface area contributed by atoms with Gasteiger partial charge in [0.05, 0.1) is 40.1 Å². The van der Waals surface area contributed by atoms with E-state index in [-0.39, 0.29) is 29.1 Å². The van der Waals surface area contributed by atoms with Crippen LogP contribution in [0.3, 0.4) is 0 Å². The van der Waals surface area contributed by atoms with E-state index in [0.29, 0.717) is 5.69 Å². The van der Waals surface area contributed by atoms with E-state index < -0.39 is 29.1 Å². The summed E-state index contributed by atoms with van der Waals surface area (Å²) in [6.45, 7) is 5.93. The number of hydrogen-bond acceptors (Lipinski definition) is 11. The number of aromatic nitrogens is 2. The summed E-state index contributed by atoms with van der Waals surface area (Å²) in [7, 11) is -2.94. The van der Waals surface area contributed by atoms with Gasteiger partial charge in [-0.25, -0.2) is 27.4 Å². The fraction of sp³-hybridized carbons (Fsp3) is 0.346. The van der Waals surface area contributed by atoms with Crippen LogP contribution in [-0.4, -0.2) is 73.5 Å². The van der Waals surface area contributed by atoms with Crippen LogP contribution in [0.4, 0.5) is 9.59 Å². The van der Waals surface area contributed by atoms with Crippen LogP contribution in [0.5, 0.6) is 0 Å². The van der Waals surface area contributed by atoms with Gasteiger partial charge in [-0.05, 0) is 58.0 Å². The number of ether oxygens (including phenoxy) is 3. The molecular weight excluding hydrogens is 572 g/mol. The lowest BCUT2D eigenvalue weighted by molar-refractivity contribution is -0.706. The van der Waals surface area contributed by atoms with Crippen LogP contribution in [0.2, 0.25) is 0 Å². The van der Waals surface area contributed by atoms with Crippen molar-refractivity contribution >= 4 is 22.3 Å². The number of nitrogens with zero attached hydrogens (tertiary/aromatic N) is 5. The van der Waals surface area contributed by atoms with Gasteiger partial charge >= 0.3 is 12.2 Å². The summed E-state index contributed by atoms with van der Waals surface area (Å²) in [4.78, 5) is 27.7. The summed E-state index contributed by atoms with van der Waals surface area (Å²) in [5, 5.41) is 20.4. The minimum atomic E-state index is -4.25. The van der Waals surface area contributed by atoms with Gasteiger partial charge in [0.1, 0.15) is 13.2 Å². The minimum absolute atomic E-state index is 0.0159. The third-order valence-electron chi connectivity index (χ3n) is 5.42. The second kappa shape index (κ2) is 14.2. The maximum atomic E-state index is 12.7. The van der Waals surface area contributed by atoms with Crippen molar-refractivity contribution in [1.29, 1.82) is 0 Å². The molecule has 0 fully saturated rings. The van der Waals surface area contributed by atoms with Crippen LogP contribution >= 0.6 is 0 Å². The highest BCUT2D eigenvalue weighted by atomic mass is 32.2. The molecule has 1 aromatic heterocycles. The molecule has 42 heavy (non-hydrogen) atoms. The molecule has 0 saturated carbocycles. The van der Waals surface area contributed by atoms with Crippen molar-refractivity contribution in [1.82, 2.24) is 19.5 Å². The molecule has 0 saturated heterocycles. The molecule has 0 aliphatic rings. The number of sulfonamides is 1. The van der Waals surface area contributed by atoms with Gasteiger partial charge in [-0.3, -0.25) is 0 Å². The van der Waals surface area contributed by atoms with Gasteiger partial charge in [-0.2, -0.15) is 5.10 Å². The summed E-state index contributed by atoms with van der Waals surface area (Å²) < 4.78 is 43.0. The van der Waals surface area contributed by atoms with E-state index in [1.54, 1.807) is 30.7 Å². The van der Waals surface area contributed by atoms with Gasteiger partial charge in [0.2, 0.25) is 5.28 Å². The van der Waals surface area contributed by atoms with E-state index in [4.69, 9.17) is 9.47 Å². The van der Waals surface area contributed by atoms with E-state index >= 15 is 0 Å². The Morgan fingerprint density at radius 1 is 1.10 bits per heavy atom. The third kappa shape index (κ3) is 9.09. The van der Waals surface area contributed by atoms with Crippen molar-refractivity contribution in [3.63, 3.8) is 0 Å². The van der Waals surface area contributed by atoms with Gasteiger partial charge in [-0.1, -0.05) is 29.8 Å². The van der Waals surface area contributed by atoms with Crippen molar-refractivity contribution in [2.75, 3.05) is 27.0 Å². The fourth-order valence-corrected chi connectivity index (χ4v) is 4.27. The van der Waals surface area contributed by atoms with Crippen LogP contribution < -0.4 is 4.72 Å². The number of carbonyl (C=O) groups excluding carboxylic acids is 2. The molecule has 0 bridgehead atoms. The summed E-state index contributed by atoms with van der Waals surface area (Å²) in [5.74, 6) is 0. The number of carbonyl (C=O) groups is 2. The number of benzene rings is 2. The van der Waals surface area contributed by atoms with Crippen LogP contribution in [0.25, 0.3) is 16.9 Å². The predicted molar refractivity (Wildman–Crippen MR) is 147 cm³/mol. The SMILES string of the molecule is Cc1ccc(-c2cc(C)nn2-c2ccc(S(=O)(=O)NC(=O)OCCN(C)/[N+]([O-])=N/OCOC(=O)OC(C)C)cc2)cc1. The molecule has 1 heterocycles.